The van der Waals surface area contributed by atoms with Crippen LogP contribution in [0.25, 0.3) is 0 Å². The van der Waals surface area contributed by atoms with E-state index in [1.54, 1.807) is 29.2 Å². The third kappa shape index (κ3) is 4.06. The Kier molecular flexibility index (Phi) is 5.35. The van der Waals surface area contributed by atoms with Gasteiger partial charge in [0.2, 0.25) is 0 Å². The molecule has 0 radical (unpaired) electrons. The fourth-order valence-corrected chi connectivity index (χ4v) is 3.17. The fourth-order valence-electron chi connectivity index (χ4n) is 3.17. The van der Waals surface area contributed by atoms with Crippen molar-refractivity contribution in [3.63, 3.8) is 0 Å². The van der Waals surface area contributed by atoms with Crippen molar-refractivity contribution in [2.24, 2.45) is 5.92 Å². The lowest BCUT2D eigenvalue weighted by Crippen LogP contribution is -2.40. The highest BCUT2D eigenvalue weighted by molar-refractivity contribution is 5.94. The number of carboxylic acid groups (broad SMARTS) is 1. The summed E-state index contributed by atoms with van der Waals surface area (Å²) in [5.74, 6) is -0.423. The molecule has 2 fully saturated rings. The number of ether oxygens (including phenoxy) is 2. The van der Waals surface area contributed by atoms with Crippen molar-refractivity contribution < 1.29 is 24.2 Å². The Bertz CT molecular complexity index is 572. The summed E-state index contributed by atoms with van der Waals surface area (Å²) in [6.45, 7) is 2.33. The van der Waals surface area contributed by atoms with Gasteiger partial charge in [0.1, 0.15) is 12.4 Å². The molecule has 0 aromatic heterocycles. The van der Waals surface area contributed by atoms with E-state index in [9.17, 15) is 9.59 Å². The third-order valence-electron chi connectivity index (χ3n) is 4.69. The SMILES string of the molecule is O=C(O)C1CCN(C(=O)c2ccc(OCC3CCCO3)cc2)CC1. The highest BCUT2D eigenvalue weighted by Crippen LogP contribution is 2.21. The van der Waals surface area contributed by atoms with E-state index in [2.05, 4.69) is 0 Å². The molecule has 1 aromatic carbocycles. The zero-order chi connectivity index (χ0) is 16.9. The van der Waals surface area contributed by atoms with Gasteiger partial charge in [-0.3, -0.25) is 9.59 Å². The van der Waals surface area contributed by atoms with E-state index in [1.165, 1.54) is 0 Å². The summed E-state index contributed by atoms with van der Waals surface area (Å²) >= 11 is 0. The van der Waals surface area contributed by atoms with Gasteiger partial charge < -0.3 is 19.5 Å². The minimum absolute atomic E-state index is 0.0514. The van der Waals surface area contributed by atoms with Crippen LogP contribution in [-0.4, -0.2) is 54.3 Å². The molecule has 1 unspecified atom stereocenters. The average Bonchev–Trinajstić information content (AvgIpc) is 3.13. The number of likely N-dealkylation sites (tertiary alicyclic amines) is 1. The summed E-state index contributed by atoms with van der Waals surface area (Å²) < 4.78 is 11.2. The van der Waals surface area contributed by atoms with Gasteiger partial charge in [0.05, 0.1) is 12.0 Å². The summed E-state index contributed by atoms with van der Waals surface area (Å²) in [6, 6.07) is 7.12. The number of rotatable bonds is 5. The molecule has 0 saturated carbocycles. The maximum absolute atomic E-state index is 12.5. The Hall–Kier alpha value is -2.08. The Morgan fingerprint density at radius 1 is 1.17 bits per heavy atom. The maximum Gasteiger partial charge on any atom is 0.306 e. The number of amides is 1. The van der Waals surface area contributed by atoms with Crippen molar-refractivity contribution in [2.75, 3.05) is 26.3 Å². The number of piperidine rings is 1. The van der Waals surface area contributed by atoms with Crippen LogP contribution in [0.3, 0.4) is 0 Å². The van der Waals surface area contributed by atoms with Gasteiger partial charge in [0.15, 0.2) is 0 Å². The second kappa shape index (κ2) is 7.66. The Balaban J connectivity index is 1.51. The number of nitrogens with zero attached hydrogens (tertiary/aromatic N) is 1. The van der Waals surface area contributed by atoms with Crippen LogP contribution in [0.15, 0.2) is 24.3 Å². The van der Waals surface area contributed by atoms with Crippen molar-refractivity contribution in [1.29, 1.82) is 0 Å². The number of benzene rings is 1. The monoisotopic (exact) mass is 333 g/mol. The number of aliphatic carboxylic acids is 1. The van der Waals surface area contributed by atoms with Crippen LogP contribution in [0.1, 0.15) is 36.0 Å². The molecule has 2 aliphatic heterocycles. The number of carbonyl (C=O) groups is 2. The summed E-state index contributed by atoms with van der Waals surface area (Å²) in [5, 5.41) is 9.01. The van der Waals surface area contributed by atoms with Crippen LogP contribution in [0.4, 0.5) is 0 Å². The molecule has 0 aliphatic carbocycles. The molecular weight excluding hydrogens is 310 g/mol. The minimum Gasteiger partial charge on any atom is -0.491 e. The van der Waals surface area contributed by atoms with Crippen LogP contribution in [0.5, 0.6) is 5.75 Å². The second-order valence-electron chi connectivity index (χ2n) is 6.38. The molecule has 1 amide bonds. The summed E-state index contributed by atoms with van der Waals surface area (Å²) in [7, 11) is 0. The Morgan fingerprint density at radius 3 is 2.46 bits per heavy atom. The van der Waals surface area contributed by atoms with E-state index in [0.717, 1.165) is 25.2 Å². The van der Waals surface area contributed by atoms with E-state index in [-0.39, 0.29) is 17.9 Å². The number of hydrogen-bond acceptors (Lipinski definition) is 4. The van der Waals surface area contributed by atoms with E-state index in [1.807, 2.05) is 0 Å². The van der Waals surface area contributed by atoms with Gasteiger partial charge in [-0.05, 0) is 49.9 Å². The predicted octanol–water partition coefficient (Wildman–Crippen LogP) is 2.18. The van der Waals surface area contributed by atoms with Crippen LogP contribution >= 0.6 is 0 Å². The van der Waals surface area contributed by atoms with Gasteiger partial charge >= 0.3 is 5.97 Å². The number of hydrogen-bond donors (Lipinski definition) is 1. The molecule has 1 atom stereocenters. The predicted molar refractivity (Wildman–Crippen MR) is 87.2 cm³/mol. The molecular formula is C18H23NO5. The van der Waals surface area contributed by atoms with Crippen LogP contribution < -0.4 is 4.74 Å². The van der Waals surface area contributed by atoms with E-state index >= 15 is 0 Å². The van der Waals surface area contributed by atoms with Gasteiger partial charge in [0.25, 0.3) is 5.91 Å². The maximum atomic E-state index is 12.5. The highest BCUT2D eigenvalue weighted by Gasteiger charge is 2.27. The normalized spacial score (nSPS) is 21.7. The van der Waals surface area contributed by atoms with Crippen LogP contribution in [0.2, 0.25) is 0 Å². The zero-order valence-corrected chi connectivity index (χ0v) is 13.6. The fraction of sp³-hybridized carbons (Fsp3) is 0.556. The highest BCUT2D eigenvalue weighted by atomic mass is 16.5. The summed E-state index contributed by atoms with van der Waals surface area (Å²) in [6.07, 6.45) is 3.32. The molecule has 1 aromatic rings. The quantitative estimate of drug-likeness (QED) is 0.894. The average molecular weight is 333 g/mol. The molecule has 24 heavy (non-hydrogen) atoms. The first-order chi connectivity index (χ1) is 11.6. The zero-order valence-electron chi connectivity index (χ0n) is 13.6. The summed E-state index contributed by atoms with van der Waals surface area (Å²) in [4.78, 5) is 25.2. The van der Waals surface area contributed by atoms with Gasteiger partial charge in [-0.1, -0.05) is 0 Å². The number of carboxylic acids is 1. The van der Waals surface area contributed by atoms with Crippen molar-refractivity contribution in [1.82, 2.24) is 4.90 Å². The van der Waals surface area contributed by atoms with Gasteiger partial charge in [-0.15, -0.1) is 0 Å². The van der Waals surface area contributed by atoms with Gasteiger partial charge in [-0.2, -0.15) is 0 Å². The number of carbonyl (C=O) groups excluding carboxylic acids is 1. The second-order valence-corrected chi connectivity index (χ2v) is 6.38. The molecule has 0 spiro atoms. The van der Waals surface area contributed by atoms with E-state index < -0.39 is 5.97 Å². The molecule has 2 saturated heterocycles. The van der Waals surface area contributed by atoms with Crippen molar-refractivity contribution in [2.45, 2.75) is 31.8 Å². The minimum atomic E-state index is -0.769. The first kappa shape index (κ1) is 16.8. The van der Waals surface area contributed by atoms with Crippen LogP contribution in [0, 0.1) is 5.92 Å². The van der Waals surface area contributed by atoms with E-state index in [0.29, 0.717) is 38.1 Å². The summed E-state index contributed by atoms with van der Waals surface area (Å²) in [5.41, 5.74) is 0.605. The Labute approximate surface area is 141 Å². The molecule has 2 aliphatic rings. The molecule has 1 N–H and O–H groups in total. The lowest BCUT2D eigenvalue weighted by atomic mass is 9.96. The standard InChI is InChI=1S/C18H23NO5/c20-17(19-9-7-14(8-10-19)18(21)22)13-3-5-15(6-4-13)24-12-16-2-1-11-23-16/h3-6,14,16H,1-2,7-12H2,(H,21,22). The molecule has 0 bridgehead atoms. The molecule has 6 heteroatoms. The first-order valence-corrected chi connectivity index (χ1v) is 8.50. The lowest BCUT2D eigenvalue weighted by Gasteiger charge is -2.30. The smallest absolute Gasteiger partial charge is 0.306 e. The van der Waals surface area contributed by atoms with Crippen LogP contribution in [-0.2, 0) is 9.53 Å². The molecule has 2 heterocycles. The molecule has 3 rings (SSSR count). The van der Waals surface area contributed by atoms with Crippen molar-refractivity contribution >= 4 is 11.9 Å². The largest absolute Gasteiger partial charge is 0.491 e. The van der Waals surface area contributed by atoms with Crippen molar-refractivity contribution in [3.05, 3.63) is 29.8 Å². The molecule has 130 valence electrons. The van der Waals surface area contributed by atoms with Gasteiger partial charge in [-0.25, -0.2) is 0 Å². The third-order valence-corrected chi connectivity index (χ3v) is 4.69. The molecule has 6 nitrogen and oxygen atoms in total. The Morgan fingerprint density at radius 2 is 1.88 bits per heavy atom. The topological polar surface area (TPSA) is 76.1 Å². The lowest BCUT2D eigenvalue weighted by molar-refractivity contribution is -0.143. The first-order valence-electron chi connectivity index (χ1n) is 8.50. The van der Waals surface area contributed by atoms with Crippen molar-refractivity contribution in [3.8, 4) is 5.75 Å². The van der Waals surface area contributed by atoms with Gasteiger partial charge in [0, 0.05) is 25.3 Å². The van der Waals surface area contributed by atoms with E-state index in [4.69, 9.17) is 14.6 Å².